The molecule has 0 unspecified atom stereocenters. The minimum absolute atomic E-state index is 0.454. The van der Waals surface area contributed by atoms with E-state index in [4.69, 9.17) is 4.74 Å². The van der Waals surface area contributed by atoms with E-state index in [0.717, 1.165) is 5.75 Å². The van der Waals surface area contributed by atoms with Crippen LogP contribution in [0.1, 0.15) is 30.9 Å². The average molecular weight is 268 g/mol. The zero-order chi connectivity index (χ0) is 14.1. The molecule has 3 rings (SSSR count). The Morgan fingerprint density at radius 2 is 1.95 bits per heavy atom. The third kappa shape index (κ3) is 2.34. The number of fused-ring (bicyclic) bond motifs is 1. The lowest BCUT2D eigenvalue weighted by atomic mass is 10.0. The topological polar surface area (TPSA) is 63.7 Å². The van der Waals surface area contributed by atoms with E-state index in [1.807, 2.05) is 12.1 Å². The lowest BCUT2D eigenvalue weighted by Gasteiger charge is -2.11. The fraction of sp³-hybridized carbons (Fsp3) is 0.267. The van der Waals surface area contributed by atoms with Crippen LogP contribution in [0.5, 0.6) is 11.6 Å². The molecule has 2 heterocycles. The molecule has 5 nitrogen and oxygen atoms in total. The molecule has 0 radical (unpaired) electrons. The second-order valence-electron chi connectivity index (χ2n) is 5.12. The van der Waals surface area contributed by atoms with E-state index >= 15 is 0 Å². The number of H-pyrrole nitrogens is 1. The third-order valence-corrected chi connectivity index (χ3v) is 3.14. The molecule has 2 aromatic heterocycles. The zero-order valence-corrected chi connectivity index (χ0v) is 11.7. The number of rotatable bonds is 3. The van der Waals surface area contributed by atoms with Crippen molar-refractivity contribution in [3.05, 3.63) is 42.0 Å². The highest BCUT2D eigenvalue weighted by Gasteiger charge is 2.10. The number of benzene rings is 1. The van der Waals surface area contributed by atoms with E-state index in [2.05, 4.69) is 46.8 Å². The second kappa shape index (κ2) is 4.92. The van der Waals surface area contributed by atoms with Crippen LogP contribution >= 0.6 is 0 Å². The van der Waals surface area contributed by atoms with Crippen LogP contribution in [0.2, 0.25) is 0 Å². The molecule has 0 amide bonds. The number of imidazole rings is 1. The van der Waals surface area contributed by atoms with Crippen LogP contribution in [0.25, 0.3) is 11.2 Å². The van der Waals surface area contributed by atoms with Crippen molar-refractivity contribution in [2.45, 2.75) is 26.7 Å². The molecule has 0 spiro atoms. The van der Waals surface area contributed by atoms with Crippen molar-refractivity contribution in [1.82, 2.24) is 19.9 Å². The molecular formula is C15H16N4O. The quantitative estimate of drug-likeness (QED) is 0.788. The Balaban J connectivity index is 2.00. The Labute approximate surface area is 117 Å². The van der Waals surface area contributed by atoms with Crippen molar-refractivity contribution < 1.29 is 4.74 Å². The maximum Gasteiger partial charge on any atom is 0.248 e. The normalized spacial score (nSPS) is 11.2. The maximum atomic E-state index is 5.90. The Morgan fingerprint density at radius 1 is 1.10 bits per heavy atom. The molecule has 1 aromatic carbocycles. The Hall–Kier alpha value is -2.43. The Kier molecular flexibility index (Phi) is 3.10. The minimum Gasteiger partial charge on any atom is -0.437 e. The van der Waals surface area contributed by atoms with Crippen molar-refractivity contribution in [2.75, 3.05) is 0 Å². The molecular weight excluding hydrogens is 252 g/mol. The number of ether oxygens (including phenoxy) is 1. The number of hydrogen-bond acceptors (Lipinski definition) is 4. The van der Waals surface area contributed by atoms with E-state index in [1.54, 1.807) is 6.33 Å². The molecule has 0 aliphatic carbocycles. The molecule has 3 aromatic rings. The highest BCUT2D eigenvalue weighted by molar-refractivity contribution is 5.75. The van der Waals surface area contributed by atoms with E-state index < -0.39 is 0 Å². The van der Waals surface area contributed by atoms with Crippen LogP contribution in [0.3, 0.4) is 0 Å². The summed E-state index contributed by atoms with van der Waals surface area (Å²) < 4.78 is 5.90. The molecule has 0 aliphatic rings. The summed E-state index contributed by atoms with van der Waals surface area (Å²) in [5.41, 5.74) is 3.72. The largest absolute Gasteiger partial charge is 0.437 e. The van der Waals surface area contributed by atoms with E-state index in [9.17, 15) is 0 Å². The van der Waals surface area contributed by atoms with Crippen molar-refractivity contribution >= 4 is 11.2 Å². The van der Waals surface area contributed by atoms with Crippen LogP contribution in [0.4, 0.5) is 0 Å². The second-order valence-corrected chi connectivity index (χ2v) is 5.12. The first-order chi connectivity index (χ1) is 9.63. The number of aromatic amines is 1. The van der Waals surface area contributed by atoms with Gasteiger partial charge in [-0.25, -0.2) is 9.97 Å². The number of nitrogens with one attached hydrogen (secondary N) is 1. The van der Waals surface area contributed by atoms with Gasteiger partial charge in [-0.05, 0) is 36.1 Å². The van der Waals surface area contributed by atoms with Gasteiger partial charge in [0.15, 0.2) is 5.65 Å². The fourth-order valence-electron chi connectivity index (χ4n) is 2.10. The maximum absolute atomic E-state index is 5.90. The summed E-state index contributed by atoms with van der Waals surface area (Å²) in [6, 6.07) is 6.21. The van der Waals surface area contributed by atoms with Gasteiger partial charge in [0.25, 0.3) is 0 Å². The van der Waals surface area contributed by atoms with Gasteiger partial charge in [-0.2, -0.15) is 4.98 Å². The summed E-state index contributed by atoms with van der Waals surface area (Å²) in [6.07, 6.45) is 3.04. The molecule has 0 saturated carbocycles. The van der Waals surface area contributed by atoms with E-state index in [1.165, 1.54) is 17.5 Å². The number of hydrogen-bond donors (Lipinski definition) is 1. The van der Waals surface area contributed by atoms with Gasteiger partial charge in [0, 0.05) is 0 Å². The molecule has 0 saturated heterocycles. The Bertz CT molecular complexity index is 748. The van der Waals surface area contributed by atoms with Gasteiger partial charge in [0.2, 0.25) is 5.88 Å². The van der Waals surface area contributed by atoms with Gasteiger partial charge in [0.05, 0.1) is 6.33 Å². The van der Waals surface area contributed by atoms with Crippen LogP contribution in [-0.2, 0) is 0 Å². The first-order valence-corrected chi connectivity index (χ1v) is 6.57. The summed E-state index contributed by atoms with van der Waals surface area (Å²) in [6.45, 7) is 6.39. The molecule has 1 N–H and O–H groups in total. The Morgan fingerprint density at radius 3 is 2.75 bits per heavy atom. The number of nitrogens with zero attached hydrogens (tertiary/aromatic N) is 3. The molecule has 20 heavy (non-hydrogen) atoms. The van der Waals surface area contributed by atoms with Gasteiger partial charge in [-0.15, -0.1) is 0 Å². The van der Waals surface area contributed by atoms with Gasteiger partial charge in [-0.1, -0.05) is 19.9 Å². The predicted molar refractivity (Wildman–Crippen MR) is 77.0 cm³/mol. The third-order valence-electron chi connectivity index (χ3n) is 3.14. The van der Waals surface area contributed by atoms with Crippen LogP contribution in [0.15, 0.2) is 30.9 Å². The standard InChI is InChI=1S/C15H16N4O/c1-9(2)11-4-10(3)5-12(6-11)20-15-13-14(17-7-16-13)18-8-19-15/h4-9H,1-3H3,(H,16,17,18,19). The minimum atomic E-state index is 0.454. The van der Waals surface area contributed by atoms with Gasteiger partial charge >= 0.3 is 0 Å². The smallest absolute Gasteiger partial charge is 0.248 e. The molecule has 102 valence electrons. The summed E-state index contributed by atoms with van der Waals surface area (Å²) in [5, 5.41) is 0. The van der Waals surface area contributed by atoms with Crippen molar-refractivity contribution in [3.8, 4) is 11.6 Å². The van der Waals surface area contributed by atoms with Gasteiger partial charge in [0.1, 0.15) is 17.6 Å². The molecule has 0 fully saturated rings. The highest BCUT2D eigenvalue weighted by atomic mass is 16.5. The van der Waals surface area contributed by atoms with Crippen LogP contribution in [0, 0.1) is 6.92 Å². The van der Waals surface area contributed by atoms with Gasteiger partial charge in [-0.3, -0.25) is 0 Å². The zero-order valence-electron chi connectivity index (χ0n) is 11.7. The van der Waals surface area contributed by atoms with Crippen molar-refractivity contribution in [1.29, 1.82) is 0 Å². The molecule has 0 aliphatic heterocycles. The average Bonchev–Trinajstić information content (AvgIpc) is 2.87. The lowest BCUT2D eigenvalue weighted by molar-refractivity contribution is 0.465. The summed E-state index contributed by atoms with van der Waals surface area (Å²) in [5.74, 6) is 1.73. The molecule has 0 bridgehead atoms. The van der Waals surface area contributed by atoms with Crippen molar-refractivity contribution in [3.63, 3.8) is 0 Å². The SMILES string of the molecule is Cc1cc(Oc2ncnc3nc[nH]c23)cc(C(C)C)c1. The predicted octanol–water partition coefficient (Wildman–Crippen LogP) is 3.58. The highest BCUT2D eigenvalue weighted by Crippen LogP contribution is 2.28. The summed E-state index contributed by atoms with van der Waals surface area (Å²) >= 11 is 0. The van der Waals surface area contributed by atoms with E-state index in [0.29, 0.717) is 23.0 Å². The summed E-state index contributed by atoms with van der Waals surface area (Å²) in [7, 11) is 0. The van der Waals surface area contributed by atoms with Gasteiger partial charge < -0.3 is 9.72 Å². The van der Waals surface area contributed by atoms with E-state index in [-0.39, 0.29) is 0 Å². The van der Waals surface area contributed by atoms with Crippen LogP contribution < -0.4 is 4.74 Å². The molecule has 0 atom stereocenters. The molecule has 5 heteroatoms. The number of aryl methyl sites for hydroxylation is 1. The van der Waals surface area contributed by atoms with Crippen LogP contribution in [-0.4, -0.2) is 19.9 Å². The first kappa shape index (κ1) is 12.6. The van der Waals surface area contributed by atoms with Crippen molar-refractivity contribution in [2.24, 2.45) is 0 Å². The fourth-order valence-corrected chi connectivity index (χ4v) is 2.10. The monoisotopic (exact) mass is 268 g/mol. The first-order valence-electron chi connectivity index (χ1n) is 6.57. The number of aromatic nitrogens is 4. The summed E-state index contributed by atoms with van der Waals surface area (Å²) in [4.78, 5) is 15.3. The lowest BCUT2D eigenvalue weighted by Crippen LogP contribution is -1.94.